The Morgan fingerprint density at radius 2 is 2.04 bits per heavy atom. The number of hydrogen-bond donors (Lipinski definition) is 0. The monoisotopic (exact) mass is 344 g/mol. The van der Waals surface area contributed by atoms with Crippen LogP contribution >= 0.6 is 0 Å². The Labute approximate surface area is 146 Å². The molecule has 0 spiro atoms. The van der Waals surface area contributed by atoms with E-state index in [1.807, 2.05) is 18.7 Å². The SMILES string of the molecule is CC(C)N(C(=O)c1ccnc(N2CCOCC2)n1)c1cccc(F)c1. The number of anilines is 2. The van der Waals surface area contributed by atoms with Crippen LogP contribution in [-0.2, 0) is 4.74 Å². The molecule has 2 heterocycles. The van der Waals surface area contributed by atoms with Gasteiger partial charge in [-0.25, -0.2) is 14.4 Å². The standard InChI is InChI=1S/C18H21FN4O2/c1-13(2)23(15-5-3-4-14(19)12-15)17(24)16-6-7-20-18(21-16)22-8-10-25-11-9-22/h3-7,12-13H,8-11H2,1-2H3. The zero-order valence-corrected chi connectivity index (χ0v) is 14.4. The van der Waals surface area contributed by atoms with Crippen molar-refractivity contribution in [1.29, 1.82) is 0 Å². The van der Waals surface area contributed by atoms with Crippen molar-refractivity contribution in [2.45, 2.75) is 19.9 Å². The molecule has 0 radical (unpaired) electrons. The lowest BCUT2D eigenvalue weighted by molar-refractivity contribution is 0.0975. The number of carbonyl (C=O) groups is 1. The summed E-state index contributed by atoms with van der Waals surface area (Å²) >= 11 is 0. The van der Waals surface area contributed by atoms with E-state index < -0.39 is 0 Å². The lowest BCUT2D eigenvalue weighted by Crippen LogP contribution is -2.39. The number of aromatic nitrogens is 2. The van der Waals surface area contributed by atoms with Crippen molar-refractivity contribution in [3.63, 3.8) is 0 Å². The van der Waals surface area contributed by atoms with Gasteiger partial charge in [0.15, 0.2) is 0 Å². The van der Waals surface area contributed by atoms with Gasteiger partial charge >= 0.3 is 0 Å². The summed E-state index contributed by atoms with van der Waals surface area (Å²) in [6.07, 6.45) is 1.58. The summed E-state index contributed by atoms with van der Waals surface area (Å²) in [6, 6.07) is 7.45. The Hall–Kier alpha value is -2.54. The van der Waals surface area contributed by atoms with Crippen molar-refractivity contribution in [2.75, 3.05) is 36.1 Å². The Bertz CT molecular complexity index is 747. The fourth-order valence-corrected chi connectivity index (χ4v) is 2.78. The number of nitrogens with zero attached hydrogens (tertiary/aromatic N) is 4. The van der Waals surface area contributed by atoms with Gasteiger partial charge in [0.1, 0.15) is 11.5 Å². The summed E-state index contributed by atoms with van der Waals surface area (Å²) < 4.78 is 18.9. The first-order valence-electron chi connectivity index (χ1n) is 8.31. The number of ether oxygens (including phenoxy) is 1. The lowest BCUT2D eigenvalue weighted by Gasteiger charge is -2.28. The average molecular weight is 344 g/mol. The Balaban J connectivity index is 1.89. The molecule has 0 unspecified atom stereocenters. The second-order valence-corrected chi connectivity index (χ2v) is 6.09. The van der Waals surface area contributed by atoms with Crippen molar-refractivity contribution < 1.29 is 13.9 Å². The normalized spacial score (nSPS) is 14.6. The molecule has 2 aromatic rings. The molecule has 1 aliphatic heterocycles. The molecule has 1 fully saturated rings. The number of carbonyl (C=O) groups excluding carboxylic acids is 1. The quantitative estimate of drug-likeness (QED) is 0.853. The van der Waals surface area contributed by atoms with Gasteiger partial charge in [0.05, 0.1) is 13.2 Å². The van der Waals surface area contributed by atoms with Gasteiger partial charge in [0, 0.05) is 31.0 Å². The van der Waals surface area contributed by atoms with Gasteiger partial charge in [-0.1, -0.05) is 6.07 Å². The Kier molecular flexibility index (Phi) is 5.23. The van der Waals surface area contributed by atoms with Crippen molar-refractivity contribution in [2.24, 2.45) is 0 Å². The number of hydrogen-bond acceptors (Lipinski definition) is 5. The van der Waals surface area contributed by atoms with E-state index >= 15 is 0 Å². The minimum absolute atomic E-state index is 0.142. The van der Waals surface area contributed by atoms with Crippen LogP contribution < -0.4 is 9.80 Å². The summed E-state index contributed by atoms with van der Waals surface area (Å²) in [6.45, 7) is 6.37. The molecule has 1 aromatic heterocycles. The van der Waals surface area contributed by atoms with Crippen LogP contribution in [0.25, 0.3) is 0 Å². The highest BCUT2D eigenvalue weighted by molar-refractivity contribution is 6.05. The molecule has 0 bridgehead atoms. The summed E-state index contributed by atoms with van der Waals surface area (Å²) in [7, 11) is 0. The Morgan fingerprint density at radius 3 is 2.72 bits per heavy atom. The third-order valence-electron chi connectivity index (χ3n) is 3.98. The van der Waals surface area contributed by atoms with E-state index in [4.69, 9.17) is 4.74 Å². The van der Waals surface area contributed by atoms with Crippen LogP contribution in [0.4, 0.5) is 16.0 Å². The van der Waals surface area contributed by atoms with Crippen molar-refractivity contribution >= 4 is 17.5 Å². The molecule has 132 valence electrons. The summed E-state index contributed by atoms with van der Waals surface area (Å²) in [4.78, 5) is 25.2. The van der Waals surface area contributed by atoms with Crippen LogP contribution in [-0.4, -0.2) is 48.2 Å². The average Bonchev–Trinajstić information content (AvgIpc) is 2.62. The van der Waals surface area contributed by atoms with Gasteiger partial charge in [-0.2, -0.15) is 0 Å². The molecule has 1 aliphatic rings. The molecule has 1 aromatic carbocycles. The van der Waals surface area contributed by atoms with Crippen molar-refractivity contribution in [3.05, 3.63) is 48.0 Å². The predicted molar refractivity (Wildman–Crippen MR) is 93.4 cm³/mol. The van der Waals surface area contributed by atoms with Gasteiger partial charge in [0.2, 0.25) is 5.95 Å². The van der Waals surface area contributed by atoms with Crippen molar-refractivity contribution in [3.8, 4) is 0 Å². The molecule has 3 rings (SSSR count). The number of halogens is 1. The van der Waals surface area contributed by atoms with Crippen LogP contribution in [0.3, 0.4) is 0 Å². The number of benzene rings is 1. The molecular formula is C18H21FN4O2. The van der Waals surface area contributed by atoms with Gasteiger partial charge in [-0.05, 0) is 38.1 Å². The first-order valence-corrected chi connectivity index (χ1v) is 8.31. The maximum Gasteiger partial charge on any atom is 0.277 e. The summed E-state index contributed by atoms with van der Waals surface area (Å²) in [5.41, 5.74) is 0.793. The van der Waals surface area contributed by atoms with E-state index in [9.17, 15) is 9.18 Å². The minimum Gasteiger partial charge on any atom is -0.378 e. The van der Waals surface area contributed by atoms with E-state index in [0.29, 0.717) is 37.9 Å². The number of amides is 1. The van der Waals surface area contributed by atoms with Gasteiger partial charge < -0.3 is 14.5 Å². The Morgan fingerprint density at radius 1 is 1.28 bits per heavy atom. The lowest BCUT2D eigenvalue weighted by atomic mass is 10.2. The van der Waals surface area contributed by atoms with Crippen LogP contribution in [0.1, 0.15) is 24.3 Å². The highest BCUT2D eigenvalue weighted by Gasteiger charge is 2.24. The molecule has 0 N–H and O–H groups in total. The molecule has 0 aliphatic carbocycles. The van der Waals surface area contributed by atoms with Gasteiger partial charge in [0.25, 0.3) is 5.91 Å². The fraction of sp³-hybridized carbons (Fsp3) is 0.389. The first kappa shape index (κ1) is 17.3. The fourth-order valence-electron chi connectivity index (χ4n) is 2.78. The highest BCUT2D eigenvalue weighted by atomic mass is 19.1. The number of morpholine rings is 1. The van der Waals surface area contributed by atoms with Gasteiger partial charge in [-0.3, -0.25) is 4.79 Å². The smallest absolute Gasteiger partial charge is 0.277 e. The molecule has 0 saturated carbocycles. The summed E-state index contributed by atoms with van der Waals surface area (Å²) in [5.74, 6) is -0.151. The van der Waals surface area contributed by atoms with Gasteiger partial charge in [-0.15, -0.1) is 0 Å². The number of rotatable bonds is 4. The maximum absolute atomic E-state index is 13.6. The largest absolute Gasteiger partial charge is 0.378 e. The topological polar surface area (TPSA) is 58.6 Å². The second-order valence-electron chi connectivity index (χ2n) is 6.09. The van der Waals surface area contributed by atoms with Crippen molar-refractivity contribution in [1.82, 2.24) is 9.97 Å². The molecule has 1 amide bonds. The highest BCUT2D eigenvalue weighted by Crippen LogP contribution is 2.21. The van der Waals surface area contributed by atoms with Crippen LogP contribution in [0.15, 0.2) is 36.5 Å². The molecular weight excluding hydrogens is 323 g/mol. The molecule has 25 heavy (non-hydrogen) atoms. The van der Waals surface area contributed by atoms with E-state index in [-0.39, 0.29) is 23.5 Å². The molecule has 0 atom stereocenters. The predicted octanol–water partition coefficient (Wildman–Crippen LogP) is 2.51. The van der Waals surface area contributed by atoms with E-state index in [1.54, 1.807) is 24.4 Å². The third-order valence-corrected chi connectivity index (χ3v) is 3.98. The minimum atomic E-state index is -0.382. The zero-order valence-electron chi connectivity index (χ0n) is 14.4. The van der Waals surface area contributed by atoms with Crippen LogP contribution in [0, 0.1) is 5.82 Å². The molecule has 6 nitrogen and oxygen atoms in total. The maximum atomic E-state index is 13.6. The first-order chi connectivity index (χ1) is 12.1. The van der Waals surface area contributed by atoms with Crippen LogP contribution in [0.2, 0.25) is 0 Å². The molecule has 7 heteroatoms. The second kappa shape index (κ2) is 7.57. The van der Waals surface area contributed by atoms with E-state index in [1.165, 1.54) is 17.0 Å². The molecule has 1 saturated heterocycles. The van der Waals surface area contributed by atoms with Crippen LogP contribution in [0.5, 0.6) is 0 Å². The van der Waals surface area contributed by atoms with E-state index in [0.717, 1.165) is 0 Å². The zero-order chi connectivity index (χ0) is 17.8. The third kappa shape index (κ3) is 3.93. The summed E-state index contributed by atoms with van der Waals surface area (Å²) in [5, 5.41) is 0. The van der Waals surface area contributed by atoms with E-state index in [2.05, 4.69) is 9.97 Å².